The van der Waals surface area contributed by atoms with Gasteiger partial charge in [0.2, 0.25) is 17.2 Å². The van der Waals surface area contributed by atoms with Gasteiger partial charge in [0.15, 0.2) is 46.0 Å². The van der Waals surface area contributed by atoms with Gasteiger partial charge in [-0.15, -0.1) is 0 Å². The fourth-order valence-corrected chi connectivity index (χ4v) is 10.4. The second-order valence-corrected chi connectivity index (χ2v) is 18.0. The Morgan fingerprint density at radius 2 is 0.915 bits per heavy atom. The van der Waals surface area contributed by atoms with Gasteiger partial charge in [-0.2, -0.15) is 0 Å². The summed E-state index contributed by atoms with van der Waals surface area (Å²) in [5.74, 6) is 4.97. The molecule has 0 aromatic heterocycles. The molecule has 4 unspecified atom stereocenters. The summed E-state index contributed by atoms with van der Waals surface area (Å²) in [5.41, 5.74) is 6.28. The van der Waals surface area contributed by atoms with E-state index in [0.29, 0.717) is 105 Å². The molecule has 0 N–H and O–H groups in total. The normalized spacial score (nSPS) is 19.1. The molecule has 0 saturated carbocycles. The number of quaternary nitrogens is 2. The quantitative estimate of drug-likeness (QED) is 0.0299. The van der Waals surface area contributed by atoms with Gasteiger partial charge in [-0.25, -0.2) is 9.59 Å². The first-order valence-electron chi connectivity index (χ1n) is 23.6. The fourth-order valence-electron chi connectivity index (χ4n) is 10.4. The van der Waals surface area contributed by atoms with Crippen molar-refractivity contribution in [3.05, 3.63) is 88.0 Å². The molecule has 0 spiro atoms. The molecule has 71 heavy (non-hydrogen) atoms. The molecule has 0 fully saturated rings. The van der Waals surface area contributed by atoms with E-state index in [4.69, 9.17) is 61.6 Å². The molecule has 4 atom stereocenters. The third kappa shape index (κ3) is 11.4. The Kier molecular flexibility index (Phi) is 18.1. The number of hydrogen-bond donors (Lipinski definition) is 0. The van der Waals surface area contributed by atoms with Crippen LogP contribution in [0.1, 0.15) is 58.3 Å². The van der Waals surface area contributed by atoms with Crippen LogP contribution < -0.4 is 52.1 Å². The molecule has 0 bridgehead atoms. The molecular formula is C54H72N2O15+2. The monoisotopic (exact) mass is 988 g/mol. The first-order chi connectivity index (χ1) is 34.2. The Labute approximate surface area is 418 Å². The van der Waals surface area contributed by atoms with Gasteiger partial charge in [0, 0.05) is 55.4 Å². The average molecular weight is 989 g/mol. The van der Waals surface area contributed by atoms with Crippen molar-refractivity contribution < 1.29 is 80.1 Å². The van der Waals surface area contributed by atoms with E-state index in [9.17, 15) is 9.59 Å². The summed E-state index contributed by atoms with van der Waals surface area (Å²) in [6.07, 6.45) is 5.47. The highest BCUT2D eigenvalue weighted by molar-refractivity contribution is 5.91. The van der Waals surface area contributed by atoms with Crippen LogP contribution in [0.25, 0.3) is 0 Å². The molecule has 0 aliphatic carbocycles. The van der Waals surface area contributed by atoms with E-state index in [0.717, 1.165) is 71.5 Å². The predicted octanol–water partition coefficient (Wildman–Crippen LogP) is 7.28. The van der Waals surface area contributed by atoms with Crippen LogP contribution in [0, 0.1) is 0 Å². The Morgan fingerprint density at radius 1 is 0.493 bits per heavy atom. The molecule has 2 aliphatic heterocycles. The van der Waals surface area contributed by atoms with Crippen molar-refractivity contribution in [2.45, 2.75) is 44.2 Å². The van der Waals surface area contributed by atoms with Gasteiger partial charge < -0.3 is 70.5 Å². The van der Waals surface area contributed by atoms with Crippen molar-refractivity contribution in [2.75, 3.05) is 132 Å². The Hall–Kier alpha value is -6.72. The van der Waals surface area contributed by atoms with Crippen molar-refractivity contribution in [2.24, 2.45) is 0 Å². The van der Waals surface area contributed by atoms with E-state index in [1.807, 2.05) is 42.5 Å². The largest absolute Gasteiger partial charge is 0.493 e. The van der Waals surface area contributed by atoms with Crippen molar-refractivity contribution >= 4 is 11.9 Å². The number of ether oxygens (including phenoxy) is 13. The maximum absolute atomic E-state index is 13.0. The lowest BCUT2D eigenvalue weighted by Crippen LogP contribution is -2.52. The molecule has 4 aromatic rings. The zero-order chi connectivity index (χ0) is 51.5. The summed E-state index contributed by atoms with van der Waals surface area (Å²) in [6, 6.07) is 13.7. The van der Waals surface area contributed by atoms with Gasteiger partial charge in [0.1, 0.15) is 12.1 Å². The zero-order valence-corrected chi connectivity index (χ0v) is 43.6. The van der Waals surface area contributed by atoms with Crippen LogP contribution in [0.2, 0.25) is 0 Å². The number of likely N-dealkylation sites (N-methyl/N-ethyl adjacent to an activating group) is 2. The van der Waals surface area contributed by atoms with E-state index >= 15 is 0 Å². The topological polar surface area (TPSA) is 154 Å². The van der Waals surface area contributed by atoms with Crippen LogP contribution in [0.5, 0.6) is 63.2 Å². The first-order valence-corrected chi connectivity index (χ1v) is 23.6. The summed E-state index contributed by atoms with van der Waals surface area (Å²) in [6.45, 7) is 3.20. The van der Waals surface area contributed by atoms with Crippen LogP contribution in [0.3, 0.4) is 0 Å². The highest BCUT2D eigenvalue weighted by Crippen LogP contribution is 2.52. The van der Waals surface area contributed by atoms with Crippen molar-refractivity contribution in [3.63, 3.8) is 0 Å². The Balaban J connectivity index is 1.10. The summed E-state index contributed by atoms with van der Waals surface area (Å²) in [5, 5.41) is 0. The van der Waals surface area contributed by atoms with Crippen molar-refractivity contribution in [1.29, 1.82) is 0 Å². The van der Waals surface area contributed by atoms with Crippen LogP contribution in [-0.2, 0) is 38.3 Å². The smallest absolute Gasteiger partial charge is 0.331 e. The molecule has 2 aliphatic rings. The molecule has 17 heteroatoms. The van der Waals surface area contributed by atoms with E-state index in [1.165, 1.54) is 0 Å². The molecule has 0 saturated heterocycles. The number of esters is 2. The van der Waals surface area contributed by atoms with Crippen LogP contribution in [0.4, 0.5) is 0 Å². The lowest BCUT2D eigenvalue weighted by Gasteiger charge is -2.46. The van der Waals surface area contributed by atoms with Gasteiger partial charge in [0.05, 0.1) is 137 Å². The van der Waals surface area contributed by atoms with E-state index in [-0.39, 0.29) is 25.3 Å². The predicted molar refractivity (Wildman–Crippen MR) is 266 cm³/mol. The molecule has 17 nitrogen and oxygen atoms in total. The molecule has 2 heterocycles. The van der Waals surface area contributed by atoms with Gasteiger partial charge in [-0.05, 0) is 59.2 Å². The molecule has 0 amide bonds. The molecule has 6 rings (SSSR count). The highest BCUT2D eigenvalue weighted by Gasteiger charge is 2.44. The summed E-state index contributed by atoms with van der Waals surface area (Å²) in [7, 11) is 22.1. The van der Waals surface area contributed by atoms with E-state index in [2.05, 4.69) is 14.1 Å². The number of carbonyl (C=O) groups is 2. The third-order valence-electron chi connectivity index (χ3n) is 14.0. The minimum absolute atomic E-state index is 0.120. The lowest BCUT2D eigenvalue weighted by molar-refractivity contribution is -0.941. The number of fused-ring (bicyclic) bond motifs is 2. The number of rotatable bonds is 24. The number of carbonyl (C=O) groups excluding carboxylic acids is 2. The minimum Gasteiger partial charge on any atom is -0.493 e. The van der Waals surface area contributed by atoms with Gasteiger partial charge in [-0.3, -0.25) is 0 Å². The maximum atomic E-state index is 13.0. The average Bonchev–Trinajstić information content (AvgIpc) is 3.39. The Bertz CT molecular complexity index is 2490. The summed E-state index contributed by atoms with van der Waals surface area (Å²) >= 11 is 0. The highest BCUT2D eigenvalue weighted by atomic mass is 16.6. The third-order valence-corrected chi connectivity index (χ3v) is 14.0. The minimum atomic E-state index is -0.633. The Morgan fingerprint density at radius 3 is 1.41 bits per heavy atom. The molecule has 386 valence electrons. The summed E-state index contributed by atoms with van der Waals surface area (Å²) < 4.78 is 75.7. The first kappa shape index (κ1) is 53.6. The van der Waals surface area contributed by atoms with Crippen molar-refractivity contribution in [3.8, 4) is 63.2 Å². The van der Waals surface area contributed by atoms with Crippen molar-refractivity contribution in [1.82, 2.24) is 0 Å². The van der Waals surface area contributed by atoms with E-state index < -0.39 is 11.9 Å². The van der Waals surface area contributed by atoms with Crippen LogP contribution in [0.15, 0.2) is 54.6 Å². The van der Waals surface area contributed by atoms with Crippen LogP contribution in [-0.4, -0.2) is 153 Å². The van der Waals surface area contributed by atoms with Gasteiger partial charge in [-0.1, -0.05) is 0 Å². The standard InChI is InChI=1S/C54H72N2O15/c1-55(22-19-36-30-46(65-9)53(68-12)54(69-13)49(36)39(55)26-34-27-42(61-5)51(66-10)43(28-34)62-6)20-14-24-70-47(57)16-17-48(58)71-25-15-21-56(2)23-18-35-29-40(59-3)41(60-4)33-38(35)50(56)37-31-44(63-7)52(67-11)45(32-37)64-8/h16-17,27-33,39,50H,14-15,18-26H2,1-13H3/q+2/b17-16+. The SMILES string of the molecule is COc1cc2c(cc1OC)C(c1cc(OC)c(OC)c(OC)c1)[N+](C)(CCCOC(=O)/C=C/C(=O)OCCC[N+]1(C)CCc3cc(OC)c(OC)c(OC)c3C1Cc1cc(OC)c(OC)c(OC)c1)CC2. The zero-order valence-electron chi connectivity index (χ0n) is 43.6. The van der Waals surface area contributed by atoms with E-state index in [1.54, 1.807) is 78.2 Å². The fraction of sp³-hybridized carbons (Fsp3) is 0.481. The molecule has 0 radical (unpaired) electrons. The number of benzene rings is 4. The number of hydrogen-bond acceptors (Lipinski definition) is 15. The molecule has 4 aromatic carbocycles. The van der Waals surface area contributed by atoms with Crippen LogP contribution >= 0.6 is 0 Å². The van der Waals surface area contributed by atoms with Gasteiger partial charge in [0.25, 0.3) is 0 Å². The second-order valence-electron chi connectivity index (χ2n) is 18.0. The number of nitrogens with zero attached hydrogens (tertiary/aromatic N) is 2. The maximum Gasteiger partial charge on any atom is 0.331 e. The number of methoxy groups -OCH3 is 11. The second kappa shape index (κ2) is 23.9. The molecular weight excluding hydrogens is 917 g/mol. The lowest BCUT2D eigenvalue weighted by atomic mass is 9.85. The summed E-state index contributed by atoms with van der Waals surface area (Å²) in [4.78, 5) is 25.9. The van der Waals surface area contributed by atoms with Gasteiger partial charge >= 0.3 is 11.9 Å².